The second kappa shape index (κ2) is 6.67. The summed E-state index contributed by atoms with van der Waals surface area (Å²) in [4.78, 5) is 0. The van der Waals surface area contributed by atoms with Gasteiger partial charge in [0.1, 0.15) is 5.75 Å². The standard InChI is InChI=1S/C11H17ClN2O/c1-15-11-5-2-4-10(12)9(11)8-14-7-3-6-13/h2,4-5,14H,3,6-8,13H2,1H3. The van der Waals surface area contributed by atoms with Gasteiger partial charge in [-0.15, -0.1) is 0 Å². The maximum atomic E-state index is 6.08. The van der Waals surface area contributed by atoms with Crippen LogP contribution in [0, 0.1) is 0 Å². The van der Waals surface area contributed by atoms with E-state index in [4.69, 9.17) is 22.1 Å². The number of nitrogens with two attached hydrogens (primary N) is 1. The van der Waals surface area contributed by atoms with Gasteiger partial charge in [-0.1, -0.05) is 17.7 Å². The third-order valence-electron chi connectivity index (χ3n) is 2.16. The van der Waals surface area contributed by atoms with E-state index in [-0.39, 0.29) is 0 Å². The van der Waals surface area contributed by atoms with Gasteiger partial charge in [-0.2, -0.15) is 0 Å². The summed E-state index contributed by atoms with van der Waals surface area (Å²) in [5.74, 6) is 0.822. The number of hydrogen-bond acceptors (Lipinski definition) is 3. The predicted molar refractivity (Wildman–Crippen MR) is 63.4 cm³/mol. The minimum Gasteiger partial charge on any atom is -0.496 e. The third kappa shape index (κ3) is 3.70. The van der Waals surface area contributed by atoms with Gasteiger partial charge in [-0.25, -0.2) is 0 Å². The Hall–Kier alpha value is -0.770. The highest BCUT2D eigenvalue weighted by atomic mass is 35.5. The van der Waals surface area contributed by atoms with Crippen LogP contribution in [0.5, 0.6) is 5.75 Å². The monoisotopic (exact) mass is 228 g/mol. The number of rotatable bonds is 6. The fraction of sp³-hybridized carbons (Fsp3) is 0.455. The largest absolute Gasteiger partial charge is 0.496 e. The molecule has 0 spiro atoms. The first kappa shape index (κ1) is 12.3. The number of benzene rings is 1. The maximum absolute atomic E-state index is 6.08. The van der Waals surface area contributed by atoms with Crippen LogP contribution >= 0.6 is 11.6 Å². The number of methoxy groups -OCH3 is 1. The molecule has 1 aromatic rings. The zero-order chi connectivity index (χ0) is 11.1. The van der Waals surface area contributed by atoms with Gasteiger partial charge >= 0.3 is 0 Å². The fourth-order valence-electron chi connectivity index (χ4n) is 1.34. The lowest BCUT2D eigenvalue weighted by Crippen LogP contribution is -2.18. The van der Waals surface area contributed by atoms with Crippen molar-refractivity contribution in [2.75, 3.05) is 20.2 Å². The number of hydrogen-bond donors (Lipinski definition) is 2. The molecule has 0 heterocycles. The van der Waals surface area contributed by atoms with Crippen molar-refractivity contribution in [3.05, 3.63) is 28.8 Å². The van der Waals surface area contributed by atoms with Gasteiger partial charge in [-0.3, -0.25) is 0 Å². The van der Waals surface area contributed by atoms with Crippen LogP contribution in [0.25, 0.3) is 0 Å². The summed E-state index contributed by atoms with van der Waals surface area (Å²) in [5.41, 5.74) is 6.40. The molecular weight excluding hydrogens is 212 g/mol. The molecule has 0 saturated heterocycles. The smallest absolute Gasteiger partial charge is 0.124 e. The topological polar surface area (TPSA) is 47.3 Å². The first-order chi connectivity index (χ1) is 7.29. The van der Waals surface area contributed by atoms with E-state index < -0.39 is 0 Å². The lowest BCUT2D eigenvalue weighted by molar-refractivity contribution is 0.407. The number of nitrogens with one attached hydrogen (secondary N) is 1. The van der Waals surface area contributed by atoms with Gasteiger partial charge in [0.05, 0.1) is 7.11 Å². The Kier molecular flexibility index (Phi) is 5.47. The van der Waals surface area contributed by atoms with Crippen molar-refractivity contribution in [3.63, 3.8) is 0 Å². The summed E-state index contributed by atoms with van der Waals surface area (Å²) in [7, 11) is 1.65. The molecule has 0 aliphatic carbocycles. The molecule has 0 unspecified atom stereocenters. The summed E-state index contributed by atoms with van der Waals surface area (Å²) in [6.45, 7) is 2.31. The van der Waals surface area contributed by atoms with E-state index in [0.29, 0.717) is 13.1 Å². The van der Waals surface area contributed by atoms with Gasteiger partial charge in [0, 0.05) is 17.1 Å². The van der Waals surface area contributed by atoms with Crippen LogP contribution in [0.3, 0.4) is 0 Å². The lowest BCUT2D eigenvalue weighted by atomic mass is 10.2. The summed E-state index contributed by atoms with van der Waals surface area (Å²) in [6.07, 6.45) is 0.965. The molecule has 0 aliphatic rings. The second-order valence-electron chi connectivity index (χ2n) is 3.24. The summed E-state index contributed by atoms with van der Waals surface area (Å²) < 4.78 is 5.23. The summed E-state index contributed by atoms with van der Waals surface area (Å²) >= 11 is 6.08. The van der Waals surface area contributed by atoms with Gasteiger partial charge < -0.3 is 15.8 Å². The van der Waals surface area contributed by atoms with Crippen LogP contribution in [-0.2, 0) is 6.54 Å². The van der Waals surface area contributed by atoms with Crippen LogP contribution in [0.2, 0.25) is 5.02 Å². The van der Waals surface area contributed by atoms with Crippen LogP contribution < -0.4 is 15.8 Å². The summed E-state index contributed by atoms with van der Waals surface area (Å²) in [5, 5.41) is 4.00. The highest BCUT2D eigenvalue weighted by Crippen LogP contribution is 2.25. The van der Waals surface area contributed by atoms with Crippen molar-refractivity contribution in [2.45, 2.75) is 13.0 Å². The zero-order valence-electron chi connectivity index (χ0n) is 8.92. The fourth-order valence-corrected chi connectivity index (χ4v) is 1.57. The Bertz CT molecular complexity index is 305. The van der Waals surface area contributed by atoms with E-state index in [9.17, 15) is 0 Å². The molecule has 3 N–H and O–H groups in total. The van der Waals surface area contributed by atoms with E-state index in [2.05, 4.69) is 5.32 Å². The Morgan fingerprint density at radius 3 is 2.93 bits per heavy atom. The molecule has 0 atom stereocenters. The molecule has 1 rings (SSSR count). The van der Waals surface area contributed by atoms with Crippen molar-refractivity contribution in [2.24, 2.45) is 5.73 Å². The minimum atomic E-state index is 0.701. The van der Waals surface area contributed by atoms with Gasteiger partial charge in [-0.05, 0) is 31.6 Å². The molecule has 0 radical (unpaired) electrons. The van der Waals surface area contributed by atoms with Crippen molar-refractivity contribution in [1.29, 1.82) is 0 Å². The van der Waals surface area contributed by atoms with E-state index in [1.54, 1.807) is 7.11 Å². The van der Waals surface area contributed by atoms with Crippen LogP contribution in [-0.4, -0.2) is 20.2 Å². The van der Waals surface area contributed by atoms with Gasteiger partial charge in [0.15, 0.2) is 0 Å². The number of ether oxygens (including phenoxy) is 1. The van der Waals surface area contributed by atoms with Crippen molar-refractivity contribution in [1.82, 2.24) is 5.32 Å². The van der Waals surface area contributed by atoms with Crippen LogP contribution in [0.1, 0.15) is 12.0 Å². The maximum Gasteiger partial charge on any atom is 0.124 e. The lowest BCUT2D eigenvalue weighted by Gasteiger charge is -2.10. The summed E-state index contributed by atoms with van der Waals surface area (Å²) in [6, 6.07) is 5.65. The molecule has 1 aromatic carbocycles. The Labute approximate surface area is 95.6 Å². The highest BCUT2D eigenvalue weighted by molar-refractivity contribution is 6.31. The second-order valence-corrected chi connectivity index (χ2v) is 3.65. The molecule has 0 saturated carbocycles. The Morgan fingerprint density at radius 1 is 1.47 bits per heavy atom. The van der Waals surface area contributed by atoms with Crippen LogP contribution in [0.15, 0.2) is 18.2 Å². The first-order valence-corrected chi connectivity index (χ1v) is 5.39. The average Bonchev–Trinajstić information content (AvgIpc) is 2.26. The molecule has 0 fully saturated rings. The Morgan fingerprint density at radius 2 is 2.27 bits per heavy atom. The molecule has 0 aromatic heterocycles. The highest BCUT2D eigenvalue weighted by Gasteiger charge is 2.06. The van der Waals surface area contributed by atoms with Crippen molar-refractivity contribution in [3.8, 4) is 5.75 Å². The average molecular weight is 229 g/mol. The SMILES string of the molecule is COc1cccc(Cl)c1CNCCCN. The zero-order valence-corrected chi connectivity index (χ0v) is 9.68. The van der Waals surface area contributed by atoms with Gasteiger partial charge in [0.2, 0.25) is 0 Å². The molecule has 0 aliphatic heterocycles. The normalized spacial score (nSPS) is 10.3. The van der Waals surface area contributed by atoms with Crippen molar-refractivity contribution < 1.29 is 4.74 Å². The third-order valence-corrected chi connectivity index (χ3v) is 2.51. The molecule has 15 heavy (non-hydrogen) atoms. The molecule has 0 amide bonds. The molecule has 3 nitrogen and oxygen atoms in total. The van der Waals surface area contributed by atoms with E-state index in [0.717, 1.165) is 29.3 Å². The molecule has 0 bridgehead atoms. The first-order valence-electron chi connectivity index (χ1n) is 5.01. The number of halogens is 1. The quantitative estimate of drug-likeness (QED) is 0.730. The van der Waals surface area contributed by atoms with Crippen molar-refractivity contribution >= 4 is 11.6 Å². The van der Waals surface area contributed by atoms with E-state index >= 15 is 0 Å². The predicted octanol–water partition coefficient (Wildman–Crippen LogP) is 1.79. The molecule has 84 valence electrons. The van der Waals surface area contributed by atoms with Crippen LogP contribution in [0.4, 0.5) is 0 Å². The van der Waals surface area contributed by atoms with Gasteiger partial charge in [0.25, 0.3) is 0 Å². The molecular formula is C11H17ClN2O. The van der Waals surface area contributed by atoms with E-state index in [1.165, 1.54) is 0 Å². The minimum absolute atomic E-state index is 0.701. The molecule has 4 heteroatoms. The Balaban J connectivity index is 2.58. The van der Waals surface area contributed by atoms with E-state index in [1.807, 2.05) is 18.2 Å².